The summed E-state index contributed by atoms with van der Waals surface area (Å²) in [5.41, 5.74) is 0. The number of rotatable bonds is 1. The van der Waals surface area contributed by atoms with E-state index in [2.05, 4.69) is 10.3 Å². The standard InChI is InChI=1S/C9H11N3O.2ClH/c13-9-7-10-5-6-12(9)8-3-1-2-4-11-8;;/h1-4,10H,5-7H2;2*1H. The molecule has 0 saturated carbocycles. The number of halogens is 2. The Balaban J connectivity index is 0.000000980. The SMILES string of the molecule is Cl.Cl.O=C1CNCCN1c1ccccn1. The molecule has 1 saturated heterocycles. The van der Waals surface area contributed by atoms with E-state index in [0.29, 0.717) is 13.1 Å². The molecule has 6 heteroatoms. The first-order chi connectivity index (χ1) is 6.38. The van der Waals surface area contributed by atoms with Gasteiger partial charge in [-0.1, -0.05) is 6.07 Å². The molecule has 0 bridgehead atoms. The molecule has 1 amide bonds. The first kappa shape index (κ1) is 14.2. The van der Waals surface area contributed by atoms with Gasteiger partial charge in [-0.25, -0.2) is 4.98 Å². The van der Waals surface area contributed by atoms with Gasteiger partial charge in [0.1, 0.15) is 5.82 Å². The number of piperazine rings is 1. The second-order valence-electron chi connectivity index (χ2n) is 2.91. The fraction of sp³-hybridized carbons (Fsp3) is 0.333. The molecular formula is C9H13Cl2N3O. The van der Waals surface area contributed by atoms with Crippen LogP contribution in [0.25, 0.3) is 0 Å². The van der Waals surface area contributed by atoms with Gasteiger partial charge in [0, 0.05) is 19.3 Å². The summed E-state index contributed by atoms with van der Waals surface area (Å²) in [4.78, 5) is 17.3. The van der Waals surface area contributed by atoms with Gasteiger partial charge in [0.25, 0.3) is 0 Å². The van der Waals surface area contributed by atoms with Crippen molar-refractivity contribution in [3.05, 3.63) is 24.4 Å². The van der Waals surface area contributed by atoms with E-state index < -0.39 is 0 Å². The van der Waals surface area contributed by atoms with Gasteiger partial charge in [0.05, 0.1) is 6.54 Å². The third-order valence-corrected chi connectivity index (χ3v) is 2.02. The van der Waals surface area contributed by atoms with Gasteiger partial charge in [-0.15, -0.1) is 24.8 Å². The van der Waals surface area contributed by atoms with Crippen molar-refractivity contribution in [1.82, 2.24) is 10.3 Å². The highest BCUT2D eigenvalue weighted by Crippen LogP contribution is 2.09. The lowest BCUT2D eigenvalue weighted by Gasteiger charge is -2.26. The smallest absolute Gasteiger partial charge is 0.242 e. The van der Waals surface area contributed by atoms with E-state index in [1.54, 1.807) is 11.1 Å². The summed E-state index contributed by atoms with van der Waals surface area (Å²) < 4.78 is 0. The first-order valence-electron chi connectivity index (χ1n) is 4.30. The first-order valence-corrected chi connectivity index (χ1v) is 4.30. The lowest BCUT2D eigenvalue weighted by atomic mass is 10.3. The van der Waals surface area contributed by atoms with E-state index in [0.717, 1.165) is 12.4 Å². The lowest BCUT2D eigenvalue weighted by molar-refractivity contribution is -0.118. The zero-order valence-electron chi connectivity index (χ0n) is 8.05. The summed E-state index contributed by atoms with van der Waals surface area (Å²) in [6.07, 6.45) is 1.70. The largest absolute Gasteiger partial charge is 0.307 e. The average molecular weight is 250 g/mol. The fourth-order valence-electron chi connectivity index (χ4n) is 1.36. The molecule has 1 aromatic rings. The number of carbonyl (C=O) groups excluding carboxylic acids is 1. The molecule has 0 unspecified atom stereocenters. The molecular weight excluding hydrogens is 237 g/mol. The van der Waals surface area contributed by atoms with Crippen LogP contribution in [0.4, 0.5) is 5.82 Å². The Hall–Kier alpha value is -0.840. The quantitative estimate of drug-likeness (QED) is 0.804. The molecule has 4 nitrogen and oxygen atoms in total. The highest BCUT2D eigenvalue weighted by atomic mass is 35.5. The van der Waals surface area contributed by atoms with Crippen molar-refractivity contribution in [2.75, 3.05) is 24.5 Å². The van der Waals surface area contributed by atoms with Crippen molar-refractivity contribution in [3.63, 3.8) is 0 Å². The molecule has 15 heavy (non-hydrogen) atoms. The molecule has 2 heterocycles. The third-order valence-electron chi connectivity index (χ3n) is 2.02. The van der Waals surface area contributed by atoms with Gasteiger partial charge in [0.2, 0.25) is 5.91 Å². The van der Waals surface area contributed by atoms with Gasteiger partial charge >= 0.3 is 0 Å². The maximum atomic E-state index is 11.4. The van der Waals surface area contributed by atoms with Crippen LogP contribution in [0.2, 0.25) is 0 Å². The van der Waals surface area contributed by atoms with Crippen molar-refractivity contribution >= 4 is 36.5 Å². The molecule has 1 N–H and O–H groups in total. The molecule has 2 rings (SSSR count). The van der Waals surface area contributed by atoms with Crippen molar-refractivity contribution < 1.29 is 4.79 Å². The minimum Gasteiger partial charge on any atom is -0.307 e. The predicted octanol–water partition coefficient (Wildman–Crippen LogP) is 0.861. The maximum Gasteiger partial charge on any atom is 0.242 e. The van der Waals surface area contributed by atoms with Crippen molar-refractivity contribution in [1.29, 1.82) is 0 Å². The molecule has 84 valence electrons. The van der Waals surface area contributed by atoms with Crippen LogP contribution < -0.4 is 10.2 Å². The lowest BCUT2D eigenvalue weighted by Crippen LogP contribution is -2.48. The van der Waals surface area contributed by atoms with Crippen molar-refractivity contribution in [2.45, 2.75) is 0 Å². The highest BCUT2D eigenvalue weighted by molar-refractivity contribution is 5.94. The average Bonchev–Trinajstić information content (AvgIpc) is 2.20. The molecule has 0 atom stereocenters. The van der Waals surface area contributed by atoms with Gasteiger partial charge in [0.15, 0.2) is 0 Å². The Kier molecular flexibility index (Phi) is 6.24. The zero-order chi connectivity index (χ0) is 9.10. The van der Waals surface area contributed by atoms with Crippen LogP contribution >= 0.6 is 24.8 Å². The van der Waals surface area contributed by atoms with E-state index in [1.165, 1.54) is 0 Å². The summed E-state index contributed by atoms with van der Waals surface area (Å²) in [5.74, 6) is 0.832. The minimum atomic E-state index is 0. The van der Waals surface area contributed by atoms with Crippen LogP contribution in [0.1, 0.15) is 0 Å². The predicted molar refractivity (Wildman–Crippen MR) is 64.0 cm³/mol. The fourth-order valence-corrected chi connectivity index (χ4v) is 1.36. The second-order valence-corrected chi connectivity index (χ2v) is 2.91. The highest BCUT2D eigenvalue weighted by Gasteiger charge is 2.19. The number of pyridine rings is 1. The molecule has 1 aliphatic rings. The number of carbonyl (C=O) groups is 1. The van der Waals surface area contributed by atoms with E-state index in [1.807, 2.05) is 18.2 Å². The van der Waals surface area contributed by atoms with Gasteiger partial charge in [-0.05, 0) is 12.1 Å². The van der Waals surface area contributed by atoms with Crippen LogP contribution in [0.15, 0.2) is 24.4 Å². The molecule has 0 aromatic carbocycles. The van der Waals surface area contributed by atoms with E-state index in [9.17, 15) is 4.79 Å². The maximum absolute atomic E-state index is 11.4. The number of aromatic nitrogens is 1. The van der Waals surface area contributed by atoms with Gasteiger partial charge in [-0.2, -0.15) is 0 Å². The van der Waals surface area contributed by atoms with Gasteiger partial charge < -0.3 is 5.32 Å². The van der Waals surface area contributed by atoms with E-state index >= 15 is 0 Å². The van der Waals surface area contributed by atoms with Crippen LogP contribution in [-0.4, -0.2) is 30.5 Å². The van der Waals surface area contributed by atoms with E-state index in [4.69, 9.17) is 0 Å². The van der Waals surface area contributed by atoms with Gasteiger partial charge in [-0.3, -0.25) is 9.69 Å². The summed E-state index contributed by atoms with van der Waals surface area (Å²) in [7, 11) is 0. The summed E-state index contributed by atoms with van der Waals surface area (Å²) in [6.45, 7) is 1.95. The Labute approximate surface area is 101 Å². The summed E-state index contributed by atoms with van der Waals surface area (Å²) >= 11 is 0. The molecule has 0 spiro atoms. The zero-order valence-corrected chi connectivity index (χ0v) is 9.68. The molecule has 1 aliphatic heterocycles. The minimum absolute atomic E-state index is 0. The molecule has 0 radical (unpaired) electrons. The van der Waals surface area contributed by atoms with Crippen LogP contribution in [-0.2, 0) is 4.79 Å². The third kappa shape index (κ3) is 3.34. The molecule has 0 aliphatic carbocycles. The number of hydrogen-bond acceptors (Lipinski definition) is 3. The number of nitrogens with zero attached hydrogens (tertiary/aromatic N) is 2. The number of anilines is 1. The van der Waals surface area contributed by atoms with Crippen molar-refractivity contribution in [3.8, 4) is 0 Å². The summed E-state index contributed by atoms with van der Waals surface area (Å²) in [6, 6.07) is 5.58. The molecule has 1 aromatic heterocycles. The van der Waals surface area contributed by atoms with Crippen molar-refractivity contribution in [2.24, 2.45) is 0 Å². The molecule has 1 fully saturated rings. The Morgan fingerprint density at radius 3 is 2.73 bits per heavy atom. The normalized spacial score (nSPS) is 15.2. The Bertz CT molecular complexity index is 307. The Morgan fingerprint density at radius 2 is 2.13 bits per heavy atom. The van der Waals surface area contributed by atoms with Crippen LogP contribution in [0.5, 0.6) is 0 Å². The van der Waals surface area contributed by atoms with E-state index in [-0.39, 0.29) is 30.7 Å². The second kappa shape index (κ2) is 6.61. The topological polar surface area (TPSA) is 45.2 Å². The number of nitrogens with one attached hydrogen (secondary N) is 1. The Morgan fingerprint density at radius 1 is 1.33 bits per heavy atom. The van der Waals surface area contributed by atoms with Crippen LogP contribution in [0, 0.1) is 0 Å². The summed E-state index contributed by atoms with van der Waals surface area (Å²) in [5, 5.41) is 3.02. The van der Waals surface area contributed by atoms with Crippen LogP contribution in [0.3, 0.4) is 0 Å². The number of hydrogen-bond donors (Lipinski definition) is 1. The number of amides is 1. The monoisotopic (exact) mass is 249 g/mol.